The molecule has 122 valence electrons. The molecule has 2 aromatic rings. The predicted molar refractivity (Wildman–Crippen MR) is 86.7 cm³/mol. The van der Waals surface area contributed by atoms with Gasteiger partial charge in [0.25, 0.3) is 0 Å². The molecule has 9 heteroatoms. The first-order chi connectivity index (χ1) is 11.0. The van der Waals surface area contributed by atoms with Crippen LogP contribution in [-0.2, 0) is 16.0 Å². The summed E-state index contributed by atoms with van der Waals surface area (Å²) in [7, 11) is 1.31. The zero-order valence-electron chi connectivity index (χ0n) is 12.8. The number of methoxy groups -OCH3 is 1. The molecule has 0 unspecified atom stereocenters. The maximum atomic E-state index is 11.9. The molecule has 0 aliphatic heterocycles. The number of nitrogens with one attached hydrogen (secondary N) is 1. The molecule has 1 aromatic carbocycles. The Morgan fingerprint density at radius 3 is 2.57 bits per heavy atom. The number of esters is 1. The Hall–Kier alpha value is -2.55. The Morgan fingerprint density at radius 2 is 2.00 bits per heavy atom. The van der Waals surface area contributed by atoms with Crippen LogP contribution in [0.5, 0.6) is 0 Å². The largest absolute Gasteiger partial charge is 0.465 e. The highest BCUT2D eigenvalue weighted by Crippen LogP contribution is 2.16. The number of rotatable bonds is 6. The first-order valence-electron chi connectivity index (χ1n) is 6.85. The number of carbonyl (C=O) groups is 2. The van der Waals surface area contributed by atoms with Crippen LogP contribution in [0.15, 0.2) is 29.4 Å². The van der Waals surface area contributed by atoms with Gasteiger partial charge in [-0.3, -0.25) is 4.79 Å². The van der Waals surface area contributed by atoms with E-state index in [9.17, 15) is 9.59 Å². The van der Waals surface area contributed by atoms with Crippen LogP contribution in [0.2, 0.25) is 0 Å². The highest BCUT2D eigenvalue weighted by Gasteiger charge is 2.11. The molecule has 0 aliphatic rings. The van der Waals surface area contributed by atoms with Crippen LogP contribution in [0.1, 0.15) is 23.1 Å². The van der Waals surface area contributed by atoms with Crippen molar-refractivity contribution in [3.63, 3.8) is 0 Å². The van der Waals surface area contributed by atoms with Gasteiger partial charge in [-0.05, 0) is 24.3 Å². The van der Waals surface area contributed by atoms with E-state index >= 15 is 0 Å². The number of nitrogens with zero attached hydrogens (tertiary/aromatic N) is 3. The molecular weight excluding hydrogens is 318 g/mol. The molecule has 0 atom stereocenters. The molecule has 23 heavy (non-hydrogen) atoms. The monoisotopic (exact) mass is 335 g/mol. The summed E-state index contributed by atoms with van der Waals surface area (Å²) in [5.74, 6) is 5.99. The van der Waals surface area contributed by atoms with Crippen molar-refractivity contribution >= 4 is 29.3 Å². The first kappa shape index (κ1) is 16.8. The van der Waals surface area contributed by atoms with Crippen LogP contribution >= 0.6 is 11.8 Å². The average Bonchev–Trinajstić information content (AvgIpc) is 2.93. The molecule has 1 heterocycles. The molecule has 0 saturated heterocycles. The summed E-state index contributed by atoms with van der Waals surface area (Å²) in [6.07, 6.45) is 0.669. The van der Waals surface area contributed by atoms with Gasteiger partial charge >= 0.3 is 5.97 Å². The van der Waals surface area contributed by atoms with Gasteiger partial charge in [-0.1, -0.05) is 18.7 Å². The van der Waals surface area contributed by atoms with Gasteiger partial charge in [-0.25, -0.2) is 9.47 Å². The molecule has 0 saturated carbocycles. The van der Waals surface area contributed by atoms with Gasteiger partial charge in [0, 0.05) is 12.1 Å². The van der Waals surface area contributed by atoms with E-state index in [1.54, 1.807) is 24.3 Å². The zero-order chi connectivity index (χ0) is 16.8. The van der Waals surface area contributed by atoms with E-state index in [1.807, 2.05) is 6.92 Å². The number of anilines is 1. The van der Waals surface area contributed by atoms with E-state index in [1.165, 1.54) is 23.5 Å². The van der Waals surface area contributed by atoms with Crippen molar-refractivity contribution in [2.75, 3.05) is 24.0 Å². The second-order valence-electron chi connectivity index (χ2n) is 4.53. The van der Waals surface area contributed by atoms with Gasteiger partial charge < -0.3 is 15.9 Å². The summed E-state index contributed by atoms with van der Waals surface area (Å²) < 4.78 is 5.99. The number of nitrogens with two attached hydrogens (primary N) is 1. The number of hydrogen-bond donors (Lipinski definition) is 2. The van der Waals surface area contributed by atoms with Crippen molar-refractivity contribution in [3.8, 4) is 0 Å². The van der Waals surface area contributed by atoms with Crippen molar-refractivity contribution in [1.82, 2.24) is 14.9 Å². The third-order valence-electron chi connectivity index (χ3n) is 2.97. The lowest BCUT2D eigenvalue weighted by Crippen LogP contribution is -2.17. The third kappa shape index (κ3) is 4.22. The van der Waals surface area contributed by atoms with E-state index in [0.29, 0.717) is 28.7 Å². The smallest absolute Gasteiger partial charge is 0.337 e. The minimum absolute atomic E-state index is 0.151. The van der Waals surface area contributed by atoms with Crippen LogP contribution < -0.4 is 11.2 Å². The number of aryl methyl sites for hydroxylation is 1. The molecule has 0 aliphatic carbocycles. The van der Waals surface area contributed by atoms with Gasteiger partial charge in [-0.15, -0.1) is 10.2 Å². The number of nitrogen functional groups attached to an aromatic ring is 1. The van der Waals surface area contributed by atoms with Gasteiger partial charge in [-0.2, -0.15) is 0 Å². The van der Waals surface area contributed by atoms with Gasteiger partial charge in [0.15, 0.2) is 5.82 Å². The number of amides is 1. The van der Waals surface area contributed by atoms with E-state index < -0.39 is 5.97 Å². The summed E-state index contributed by atoms with van der Waals surface area (Å²) in [5, 5.41) is 11.1. The van der Waals surface area contributed by atoms with Crippen LogP contribution in [0.25, 0.3) is 0 Å². The van der Waals surface area contributed by atoms with Crippen LogP contribution in [0, 0.1) is 0 Å². The normalized spacial score (nSPS) is 10.3. The maximum absolute atomic E-state index is 11.9. The maximum Gasteiger partial charge on any atom is 0.337 e. The fraction of sp³-hybridized carbons (Fsp3) is 0.286. The summed E-state index contributed by atoms with van der Waals surface area (Å²) >= 11 is 1.20. The number of aromatic nitrogens is 3. The van der Waals surface area contributed by atoms with E-state index in [0.717, 1.165) is 0 Å². The molecule has 0 radical (unpaired) electrons. The number of ether oxygens (including phenoxy) is 1. The second kappa shape index (κ2) is 7.63. The molecule has 1 aromatic heterocycles. The van der Waals surface area contributed by atoms with Crippen molar-refractivity contribution in [1.29, 1.82) is 0 Å². The van der Waals surface area contributed by atoms with Gasteiger partial charge in [0.05, 0.1) is 18.4 Å². The van der Waals surface area contributed by atoms with Crippen LogP contribution in [-0.4, -0.2) is 39.6 Å². The lowest BCUT2D eigenvalue weighted by atomic mass is 10.2. The SMILES string of the molecule is CCc1nnc(SCC(=O)Nc2ccc(C(=O)OC)cc2)n1N. The minimum atomic E-state index is -0.424. The standard InChI is InChI=1S/C14H17N5O3S/c1-3-11-17-18-14(19(11)15)23-8-12(20)16-10-6-4-9(5-7-10)13(21)22-2/h4-7H,3,8,15H2,1-2H3,(H,16,20). The van der Waals surface area contributed by atoms with Crippen molar-refractivity contribution in [3.05, 3.63) is 35.7 Å². The lowest BCUT2D eigenvalue weighted by molar-refractivity contribution is -0.113. The Labute approximate surface area is 137 Å². The second-order valence-corrected chi connectivity index (χ2v) is 5.47. The molecule has 0 fully saturated rings. The van der Waals surface area contributed by atoms with Crippen molar-refractivity contribution in [2.45, 2.75) is 18.5 Å². The summed E-state index contributed by atoms with van der Waals surface area (Å²) in [5.41, 5.74) is 1.01. The highest BCUT2D eigenvalue weighted by molar-refractivity contribution is 7.99. The summed E-state index contributed by atoms with van der Waals surface area (Å²) in [4.78, 5) is 23.3. The van der Waals surface area contributed by atoms with E-state index in [2.05, 4.69) is 20.3 Å². The van der Waals surface area contributed by atoms with E-state index in [4.69, 9.17) is 5.84 Å². The summed E-state index contributed by atoms with van der Waals surface area (Å²) in [6.45, 7) is 1.92. The highest BCUT2D eigenvalue weighted by atomic mass is 32.2. The topological polar surface area (TPSA) is 112 Å². The molecule has 8 nitrogen and oxygen atoms in total. The van der Waals surface area contributed by atoms with Crippen LogP contribution in [0.4, 0.5) is 5.69 Å². The Balaban J connectivity index is 1.89. The van der Waals surface area contributed by atoms with Gasteiger partial charge in [0.2, 0.25) is 11.1 Å². The number of thioether (sulfide) groups is 1. The van der Waals surface area contributed by atoms with Crippen molar-refractivity contribution in [2.24, 2.45) is 0 Å². The fourth-order valence-corrected chi connectivity index (χ4v) is 2.46. The molecule has 2 rings (SSSR count). The fourth-order valence-electron chi connectivity index (χ4n) is 1.78. The number of benzene rings is 1. The molecular formula is C14H17N5O3S. The van der Waals surface area contributed by atoms with Crippen molar-refractivity contribution < 1.29 is 14.3 Å². The Bertz CT molecular complexity index is 699. The zero-order valence-corrected chi connectivity index (χ0v) is 13.6. The third-order valence-corrected chi connectivity index (χ3v) is 3.92. The van der Waals surface area contributed by atoms with Crippen LogP contribution in [0.3, 0.4) is 0 Å². The lowest BCUT2D eigenvalue weighted by Gasteiger charge is -2.06. The number of carbonyl (C=O) groups excluding carboxylic acids is 2. The quantitative estimate of drug-likeness (QED) is 0.461. The summed E-state index contributed by atoms with van der Waals surface area (Å²) in [6, 6.07) is 6.43. The molecule has 3 N–H and O–H groups in total. The molecule has 0 bridgehead atoms. The Kier molecular flexibility index (Phi) is 5.58. The van der Waals surface area contributed by atoms with Gasteiger partial charge in [0.1, 0.15) is 0 Å². The predicted octanol–water partition coefficient (Wildman–Crippen LogP) is 1.07. The Morgan fingerprint density at radius 1 is 1.30 bits per heavy atom. The first-order valence-corrected chi connectivity index (χ1v) is 7.84. The minimum Gasteiger partial charge on any atom is -0.465 e. The average molecular weight is 335 g/mol. The molecule has 0 spiro atoms. The number of hydrogen-bond acceptors (Lipinski definition) is 7. The molecule has 1 amide bonds. The van der Waals surface area contributed by atoms with E-state index in [-0.39, 0.29) is 11.7 Å².